The van der Waals surface area contributed by atoms with E-state index in [1.54, 1.807) is 0 Å². The molecule has 1 aliphatic carbocycles. The molecule has 1 saturated carbocycles. The van der Waals surface area contributed by atoms with Crippen molar-refractivity contribution >= 4 is 0 Å². The van der Waals surface area contributed by atoms with Gasteiger partial charge < -0.3 is 0 Å². The molecule has 0 spiro atoms. The van der Waals surface area contributed by atoms with Crippen molar-refractivity contribution in [1.82, 2.24) is 0 Å². The van der Waals surface area contributed by atoms with Crippen LogP contribution in [-0.2, 0) is 0 Å². The molecule has 1 aliphatic rings. The van der Waals surface area contributed by atoms with Gasteiger partial charge in [-0.15, -0.1) is 0 Å². The van der Waals surface area contributed by atoms with E-state index in [-0.39, 0.29) is 0 Å². The average molecular weight is 166 g/mol. The van der Waals surface area contributed by atoms with Gasteiger partial charge in [-0.1, -0.05) is 39.5 Å². The van der Waals surface area contributed by atoms with Gasteiger partial charge in [0.2, 0.25) is 0 Å². The highest BCUT2D eigenvalue weighted by Gasteiger charge is 2.29. The van der Waals surface area contributed by atoms with Gasteiger partial charge in [0, 0.05) is 0 Å². The van der Waals surface area contributed by atoms with Crippen molar-refractivity contribution in [3.63, 3.8) is 0 Å². The van der Waals surface area contributed by atoms with Gasteiger partial charge >= 0.3 is 0 Å². The second-order valence-corrected chi connectivity index (χ2v) is 4.12. The zero-order valence-corrected chi connectivity index (χ0v) is 8.66. The van der Waals surface area contributed by atoms with E-state index in [1.807, 2.05) is 0 Å². The van der Waals surface area contributed by atoms with Crippen LogP contribution in [0.15, 0.2) is 0 Å². The molecule has 0 amide bonds. The Balaban J connectivity index is 2.37. The molecule has 1 fully saturated rings. The zero-order chi connectivity index (χ0) is 8.86. The predicted octanol–water partition coefficient (Wildman–Crippen LogP) is 4.23. The highest BCUT2D eigenvalue weighted by atomic mass is 14.3. The van der Waals surface area contributed by atoms with Crippen LogP contribution in [0.2, 0.25) is 0 Å². The first-order valence-corrected chi connectivity index (χ1v) is 5.58. The molecule has 0 saturated heterocycles. The van der Waals surface area contributed by atoms with Crippen LogP contribution in [-0.4, -0.2) is 0 Å². The first-order valence-electron chi connectivity index (χ1n) is 5.58. The fourth-order valence-electron chi connectivity index (χ4n) is 2.24. The van der Waals surface area contributed by atoms with Gasteiger partial charge in [-0.3, -0.25) is 0 Å². The maximum atomic E-state index is 3.72. The molecule has 1 rings (SSSR count). The van der Waals surface area contributed by atoms with Crippen LogP contribution in [0.5, 0.6) is 0 Å². The second-order valence-electron chi connectivity index (χ2n) is 4.12. The standard InChI is InChI=1S/C12H22/c1-3-5-9-12(4-2)10-7-6-8-11-12/h3-10H2,1-2H3. The van der Waals surface area contributed by atoms with Crippen molar-refractivity contribution in [1.29, 1.82) is 0 Å². The van der Waals surface area contributed by atoms with Crippen molar-refractivity contribution in [2.75, 3.05) is 0 Å². The van der Waals surface area contributed by atoms with E-state index in [1.165, 1.54) is 51.4 Å². The molecule has 0 nitrogen and oxygen atoms in total. The summed E-state index contributed by atoms with van der Waals surface area (Å²) in [6.45, 7) is 4.61. The Kier molecular flexibility index (Phi) is 4.11. The maximum absolute atomic E-state index is 3.72. The molecule has 70 valence electrons. The van der Waals surface area contributed by atoms with Crippen LogP contribution < -0.4 is 0 Å². The largest absolute Gasteiger partial charge is 0.0654 e. The first kappa shape index (κ1) is 10.1. The third-order valence-electron chi connectivity index (χ3n) is 3.27. The van der Waals surface area contributed by atoms with Crippen molar-refractivity contribution in [2.45, 2.75) is 65.2 Å². The molecule has 0 aromatic carbocycles. The second kappa shape index (κ2) is 4.89. The lowest BCUT2D eigenvalue weighted by molar-refractivity contribution is 0.229. The number of unbranched alkanes of at least 4 members (excludes halogenated alkanes) is 1. The summed E-state index contributed by atoms with van der Waals surface area (Å²) in [5.74, 6) is 0. The molecule has 0 bridgehead atoms. The summed E-state index contributed by atoms with van der Waals surface area (Å²) in [5, 5.41) is 0. The molecule has 0 aromatic heterocycles. The fraction of sp³-hybridized carbons (Fsp3) is 0.917. The minimum Gasteiger partial charge on any atom is -0.0654 e. The molecule has 0 aliphatic heterocycles. The summed E-state index contributed by atoms with van der Waals surface area (Å²) >= 11 is 0. The Morgan fingerprint density at radius 1 is 1.25 bits per heavy atom. The quantitative estimate of drug-likeness (QED) is 0.586. The molecule has 1 atom stereocenters. The summed E-state index contributed by atoms with van der Waals surface area (Å²) in [6.07, 6.45) is 14.6. The average Bonchev–Trinajstić information content (AvgIpc) is 2.16. The molecular weight excluding hydrogens is 144 g/mol. The van der Waals surface area contributed by atoms with E-state index < -0.39 is 0 Å². The Bertz CT molecular complexity index is 109. The smallest absolute Gasteiger partial charge is 0.0106 e. The highest BCUT2D eigenvalue weighted by molar-refractivity contribution is 4.94. The van der Waals surface area contributed by atoms with Crippen LogP contribution in [0.4, 0.5) is 0 Å². The zero-order valence-electron chi connectivity index (χ0n) is 8.66. The Labute approximate surface area is 77.7 Å². The van der Waals surface area contributed by atoms with E-state index in [9.17, 15) is 0 Å². The minimum atomic E-state index is 0.522. The molecule has 2 radical (unpaired) electrons. The van der Waals surface area contributed by atoms with Crippen molar-refractivity contribution in [3.05, 3.63) is 6.42 Å². The summed E-state index contributed by atoms with van der Waals surface area (Å²) in [5.41, 5.74) is 0.522. The van der Waals surface area contributed by atoms with E-state index in [0.29, 0.717) is 5.41 Å². The van der Waals surface area contributed by atoms with Gasteiger partial charge in [0.1, 0.15) is 0 Å². The van der Waals surface area contributed by atoms with Gasteiger partial charge in [0.05, 0.1) is 0 Å². The molecular formula is C12H22. The summed E-state index contributed by atoms with van der Waals surface area (Å²) in [6, 6.07) is 0. The predicted molar refractivity (Wildman–Crippen MR) is 54.0 cm³/mol. The fourth-order valence-corrected chi connectivity index (χ4v) is 2.24. The first-order chi connectivity index (χ1) is 5.83. The molecule has 1 unspecified atom stereocenters. The van der Waals surface area contributed by atoms with Crippen LogP contribution in [0, 0.1) is 11.8 Å². The van der Waals surface area contributed by atoms with Crippen molar-refractivity contribution in [3.8, 4) is 0 Å². The van der Waals surface area contributed by atoms with Crippen LogP contribution in [0.1, 0.15) is 65.2 Å². The Hall–Kier alpha value is 0. The van der Waals surface area contributed by atoms with Crippen molar-refractivity contribution < 1.29 is 0 Å². The maximum Gasteiger partial charge on any atom is -0.0106 e. The lowest BCUT2D eigenvalue weighted by atomic mass is 9.69. The summed E-state index contributed by atoms with van der Waals surface area (Å²) in [7, 11) is 0. The van der Waals surface area contributed by atoms with Gasteiger partial charge in [-0.25, -0.2) is 0 Å². The van der Waals surface area contributed by atoms with E-state index >= 15 is 0 Å². The third-order valence-corrected chi connectivity index (χ3v) is 3.27. The van der Waals surface area contributed by atoms with Gasteiger partial charge in [0.15, 0.2) is 0 Å². The van der Waals surface area contributed by atoms with E-state index in [2.05, 4.69) is 20.3 Å². The lowest BCUT2D eigenvalue weighted by Crippen LogP contribution is -2.23. The number of rotatable bonds is 4. The normalized spacial score (nSPS) is 22.5. The van der Waals surface area contributed by atoms with Crippen LogP contribution in [0.3, 0.4) is 0 Å². The highest BCUT2D eigenvalue weighted by Crippen LogP contribution is 2.42. The van der Waals surface area contributed by atoms with Crippen molar-refractivity contribution in [2.24, 2.45) is 5.41 Å². The Morgan fingerprint density at radius 3 is 2.58 bits per heavy atom. The van der Waals surface area contributed by atoms with Crippen LogP contribution >= 0.6 is 0 Å². The topological polar surface area (TPSA) is 0 Å². The van der Waals surface area contributed by atoms with Gasteiger partial charge in [-0.05, 0) is 37.5 Å². The Morgan fingerprint density at radius 2 is 2.08 bits per heavy atom. The lowest BCUT2D eigenvalue weighted by Gasteiger charge is -2.36. The number of hydrogen-bond donors (Lipinski definition) is 0. The SMILES string of the molecule is CCCCC1(CC)[C]CCCC1. The molecule has 0 heterocycles. The summed E-state index contributed by atoms with van der Waals surface area (Å²) < 4.78 is 0. The minimum absolute atomic E-state index is 0.522. The third kappa shape index (κ3) is 2.50. The van der Waals surface area contributed by atoms with E-state index in [4.69, 9.17) is 0 Å². The molecule has 0 N–H and O–H groups in total. The van der Waals surface area contributed by atoms with Crippen LogP contribution in [0.25, 0.3) is 0 Å². The monoisotopic (exact) mass is 166 g/mol. The van der Waals surface area contributed by atoms with Gasteiger partial charge in [0.25, 0.3) is 0 Å². The van der Waals surface area contributed by atoms with E-state index in [0.717, 1.165) is 0 Å². The molecule has 12 heavy (non-hydrogen) atoms. The number of hydrogen-bond acceptors (Lipinski definition) is 0. The molecule has 0 heteroatoms. The van der Waals surface area contributed by atoms with Gasteiger partial charge in [-0.2, -0.15) is 0 Å². The summed E-state index contributed by atoms with van der Waals surface area (Å²) in [4.78, 5) is 0. The molecule has 0 aromatic rings.